The van der Waals surface area contributed by atoms with Crippen molar-refractivity contribution >= 4 is 18.5 Å². The first-order chi connectivity index (χ1) is 11.1. The van der Waals surface area contributed by atoms with E-state index in [1.807, 2.05) is 19.1 Å². The van der Waals surface area contributed by atoms with Crippen LogP contribution < -0.4 is 15.5 Å². The highest BCUT2D eigenvalue weighted by Crippen LogP contribution is 2.49. The van der Waals surface area contributed by atoms with Gasteiger partial charge in [0.15, 0.2) is 7.29 Å². The first kappa shape index (κ1) is 17.7. The third-order valence-corrected chi connectivity index (χ3v) is 7.02. The van der Waals surface area contributed by atoms with Crippen LogP contribution in [0.4, 0.5) is 0 Å². The van der Waals surface area contributed by atoms with Gasteiger partial charge in [-0.25, -0.2) is 10.2 Å². The molecule has 1 amide bonds. The predicted octanol–water partition coefficient (Wildman–Crippen LogP) is 2.15. The van der Waals surface area contributed by atoms with E-state index in [-0.39, 0.29) is 6.54 Å². The maximum atomic E-state index is 13.6. The molecule has 2 rings (SSSR count). The van der Waals surface area contributed by atoms with Crippen LogP contribution in [-0.4, -0.2) is 41.6 Å². The molecule has 0 aromatic heterocycles. The Kier molecular flexibility index (Phi) is 6.39. The van der Waals surface area contributed by atoms with E-state index in [1.54, 1.807) is 34.4 Å². The Morgan fingerprint density at radius 1 is 1.35 bits per heavy atom. The fourth-order valence-corrected chi connectivity index (χ4v) is 5.43. The molecule has 0 fully saturated rings. The highest BCUT2D eigenvalue weighted by Gasteiger charge is 2.33. The number of amides is 1. The molecule has 1 aliphatic heterocycles. The quantitative estimate of drug-likeness (QED) is 0.372. The fraction of sp³-hybridized carbons (Fsp3) is 0.438. The zero-order chi connectivity index (χ0) is 16.7. The summed E-state index contributed by atoms with van der Waals surface area (Å²) in [5, 5.41) is 9.49. The summed E-state index contributed by atoms with van der Waals surface area (Å²) in [6.45, 7) is 2.79. The molecule has 0 radical (unpaired) electrons. The maximum Gasteiger partial charge on any atom is 0.257 e. The summed E-state index contributed by atoms with van der Waals surface area (Å²) in [5.41, 5.74) is 1.62. The Hall–Kier alpha value is -1.62. The van der Waals surface area contributed by atoms with Gasteiger partial charge in [0.1, 0.15) is 5.75 Å². The molecular weight excluding hydrogens is 315 g/mol. The second kappa shape index (κ2) is 8.29. The van der Waals surface area contributed by atoms with Crippen LogP contribution in [-0.2, 0) is 9.36 Å². The Balaban J connectivity index is 2.32. The van der Waals surface area contributed by atoms with Gasteiger partial charge in [-0.3, -0.25) is 10.0 Å². The largest absolute Gasteiger partial charge is 0.494 e. The van der Waals surface area contributed by atoms with Crippen LogP contribution in [0, 0.1) is 0 Å². The number of hydroxylamine groups is 1. The number of rotatable bonds is 5. The maximum absolute atomic E-state index is 13.6. The molecule has 0 saturated carbocycles. The average molecular weight is 338 g/mol. The van der Waals surface area contributed by atoms with Crippen LogP contribution in [0.2, 0.25) is 0 Å². The summed E-state index contributed by atoms with van der Waals surface area (Å²) >= 11 is 0. The van der Waals surface area contributed by atoms with Crippen LogP contribution in [0.5, 0.6) is 5.75 Å². The van der Waals surface area contributed by atoms with E-state index in [0.29, 0.717) is 24.6 Å². The van der Waals surface area contributed by atoms with Crippen molar-refractivity contribution in [3.8, 4) is 5.75 Å². The molecule has 0 spiro atoms. The molecule has 1 unspecified atom stereocenters. The van der Waals surface area contributed by atoms with Crippen LogP contribution in [0.1, 0.15) is 19.8 Å². The van der Waals surface area contributed by atoms with Gasteiger partial charge in [-0.15, -0.1) is 0 Å². The van der Waals surface area contributed by atoms with E-state index >= 15 is 0 Å². The first-order valence-corrected chi connectivity index (χ1v) is 9.60. The molecule has 1 aromatic rings. The summed E-state index contributed by atoms with van der Waals surface area (Å²) in [4.78, 5) is 11.6. The molecule has 7 heteroatoms. The molecule has 126 valence electrons. The van der Waals surface area contributed by atoms with Gasteiger partial charge in [-0.2, -0.15) is 0 Å². The smallest absolute Gasteiger partial charge is 0.257 e. The van der Waals surface area contributed by atoms with Crippen molar-refractivity contribution < 1.29 is 19.3 Å². The van der Waals surface area contributed by atoms with Crippen molar-refractivity contribution in [2.45, 2.75) is 19.8 Å². The molecular formula is C16H23N2O4P. The molecule has 1 heterocycles. The molecule has 0 aliphatic carbocycles. The van der Waals surface area contributed by atoms with E-state index in [2.05, 4.69) is 0 Å². The summed E-state index contributed by atoms with van der Waals surface area (Å²) in [6.07, 6.45) is 6.12. The normalized spacial score (nSPS) is 23.6. The molecule has 2 N–H and O–H groups in total. The Morgan fingerprint density at radius 2 is 2.09 bits per heavy atom. The highest BCUT2D eigenvalue weighted by atomic mass is 31.2. The van der Waals surface area contributed by atoms with E-state index in [4.69, 9.17) is 9.94 Å². The summed E-state index contributed by atoms with van der Waals surface area (Å²) < 4.78 is 20.7. The van der Waals surface area contributed by atoms with Crippen molar-refractivity contribution in [1.82, 2.24) is 10.2 Å². The zero-order valence-corrected chi connectivity index (χ0v) is 14.2. The molecule has 0 saturated heterocycles. The SMILES string of the molecule is CCOc1ccc(P2(=O)CCC/C=C\CN2CC(=O)NO)cc1. The van der Waals surface area contributed by atoms with Crippen LogP contribution in [0.3, 0.4) is 0 Å². The third-order valence-electron chi connectivity index (χ3n) is 3.77. The fourth-order valence-electron chi connectivity index (χ4n) is 2.63. The number of benzene rings is 1. The van der Waals surface area contributed by atoms with Crippen LogP contribution in [0.15, 0.2) is 36.4 Å². The lowest BCUT2D eigenvalue weighted by molar-refractivity contribution is -0.129. The van der Waals surface area contributed by atoms with Gasteiger partial charge in [0.25, 0.3) is 5.91 Å². The van der Waals surface area contributed by atoms with Gasteiger partial charge in [0.05, 0.1) is 13.2 Å². The highest BCUT2D eigenvalue weighted by molar-refractivity contribution is 7.69. The predicted molar refractivity (Wildman–Crippen MR) is 89.6 cm³/mol. The van der Waals surface area contributed by atoms with Gasteiger partial charge in [-0.05, 0) is 44.0 Å². The van der Waals surface area contributed by atoms with Gasteiger partial charge in [-0.1, -0.05) is 12.2 Å². The monoisotopic (exact) mass is 338 g/mol. The number of hydrogen-bond donors (Lipinski definition) is 2. The average Bonchev–Trinajstić information content (AvgIpc) is 2.55. The Labute approximate surface area is 136 Å². The van der Waals surface area contributed by atoms with Crippen LogP contribution in [0.25, 0.3) is 0 Å². The van der Waals surface area contributed by atoms with E-state index in [1.165, 1.54) is 0 Å². The lowest BCUT2D eigenvalue weighted by Crippen LogP contribution is -2.37. The number of carbonyl (C=O) groups is 1. The second-order valence-electron chi connectivity index (χ2n) is 5.35. The van der Waals surface area contributed by atoms with E-state index in [0.717, 1.165) is 18.6 Å². The summed E-state index contributed by atoms with van der Waals surface area (Å²) in [6, 6.07) is 7.22. The van der Waals surface area contributed by atoms with Gasteiger partial charge in [0.2, 0.25) is 0 Å². The zero-order valence-electron chi connectivity index (χ0n) is 13.3. The van der Waals surface area contributed by atoms with Crippen molar-refractivity contribution in [3.63, 3.8) is 0 Å². The number of allylic oxidation sites excluding steroid dienone is 1. The van der Waals surface area contributed by atoms with Gasteiger partial charge < -0.3 is 9.30 Å². The van der Waals surface area contributed by atoms with Crippen molar-refractivity contribution in [3.05, 3.63) is 36.4 Å². The molecule has 0 bridgehead atoms. The Morgan fingerprint density at radius 3 is 2.74 bits per heavy atom. The second-order valence-corrected chi connectivity index (χ2v) is 8.28. The van der Waals surface area contributed by atoms with Crippen LogP contribution >= 0.6 is 7.29 Å². The first-order valence-electron chi connectivity index (χ1n) is 7.76. The molecule has 6 nitrogen and oxygen atoms in total. The summed E-state index contributed by atoms with van der Waals surface area (Å²) in [7, 11) is -2.90. The molecule has 1 aromatic carbocycles. The van der Waals surface area contributed by atoms with Gasteiger partial charge in [0, 0.05) is 18.0 Å². The summed E-state index contributed by atoms with van der Waals surface area (Å²) in [5.74, 6) is 0.166. The number of nitrogens with one attached hydrogen (secondary N) is 1. The molecule has 23 heavy (non-hydrogen) atoms. The number of ether oxygens (including phenoxy) is 1. The molecule has 1 atom stereocenters. The standard InChI is InChI=1S/C16H23N2O4P/c1-2-22-14-7-9-15(10-8-14)23(21)12-6-4-3-5-11-18(23)13-16(19)17-20/h3,5,7-10,20H,2,4,6,11-13H2,1H3,(H,17,19)/b5-3-. The van der Waals surface area contributed by atoms with Gasteiger partial charge >= 0.3 is 0 Å². The Bertz CT molecular complexity index is 601. The lowest BCUT2D eigenvalue weighted by Gasteiger charge is -2.31. The molecule has 1 aliphatic rings. The minimum absolute atomic E-state index is 0.106. The van der Waals surface area contributed by atoms with E-state index in [9.17, 15) is 9.36 Å². The lowest BCUT2D eigenvalue weighted by atomic mass is 10.3. The number of carbonyl (C=O) groups excluding carboxylic acids is 1. The number of nitrogens with zero attached hydrogens (tertiary/aromatic N) is 1. The van der Waals surface area contributed by atoms with Crippen molar-refractivity contribution in [2.24, 2.45) is 0 Å². The van der Waals surface area contributed by atoms with E-state index < -0.39 is 13.2 Å². The van der Waals surface area contributed by atoms with Crippen molar-refractivity contribution in [1.29, 1.82) is 0 Å². The van der Waals surface area contributed by atoms with Crippen molar-refractivity contribution in [2.75, 3.05) is 25.9 Å². The third kappa shape index (κ3) is 4.44. The topological polar surface area (TPSA) is 78.9 Å². The minimum atomic E-state index is -2.90. The number of hydrogen-bond acceptors (Lipinski definition) is 4. The minimum Gasteiger partial charge on any atom is -0.494 e.